The summed E-state index contributed by atoms with van der Waals surface area (Å²) in [6.07, 6.45) is 7.33. The molecule has 4 nitrogen and oxygen atoms in total. The molecule has 0 saturated heterocycles. The number of anilines is 1. The van der Waals surface area contributed by atoms with Gasteiger partial charge in [-0.05, 0) is 72.9 Å². The van der Waals surface area contributed by atoms with Gasteiger partial charge in [-0.25, -0.2) is 0 Å². The summed E-state index contributed by atoms with van der Waals surface area (Å²) in [5.41, 5.74) is 9.18. The predicted octanol–water partition coefficient (Wildman–Crippen LogP) is 12.2. The third-order valence-electron chi connectivity index (χ3n) is 8.24. The van der Waals surface area contributed by atoms with Gasteiger partial charge in [0, 0.05) is 35.9 Å². The summed E-state index contributed by atoms with van der Waals surface area (Å²) in [5.74, 6) is 0.903. The zero-order valence-electron chi connectivity index (χ0n) is 31.1. The van der Waals surface area contributed by atoms with Crippen LogP contribution in [0.5, 0.6) is 0 Å². The van der Waals surface area contributed by atoms with Gasteiger partial charge in [-0.15, -0.1) is 0 Å². The SMILES string of the molecule is C=C(NCC)c1cn2c3cc4ccccc4cc3oc3c(NCCC)c(C)cc(c3-2)c1=C.CC.CCCCC(C)C.Cc1ccccc1. The lowest BCUT2D eigenvalue weighted by atomic mass is 10.0. The molecule has 48 heavy (non-hydrogen) atoms. The third-order valence-corrected chi connectivity index (χ3v) is 8.24. The summed E-state index contributed by atoms with van der Waals surface area (Å²) in [6.45, 7) is 29.7. The molecule has 0 radical (unpaired) electrons. The minimum atomic E-state index is 0.810. The van der Waals surface area contributed by atoms with E-state index in [0.29, 0.717) is 0 Å². The molecule has 2 N–H and O–H groups in total. The van der Waals surface area contributed by atoms with E-state index in [9.17, 15) is 0 Å². The fraction of sp³-hybridized carbons (Fsp3) is 0.364. The molecular formula is C44H59N3O. The van der Waals surface area contributed by atoms with E-state index in [-0.39, 0.29) is 0 Å². The molecule has 0 aliphatic carbocycles. The van der Waals surface area contributed by atoms with E-state index in [2.05, 4.69) is 138 Å². The quantitative estimate of drug-likeness (QED) is 0.121. The highest BCUT2D eigenvalue weighted by molar-refractivity contribution is 6.02. The Morgan fingerprint density at radius 2 is 1.52 bits per heavy atom. The van der Waals surface area contributed by atoms with Gasteiger partial charge >= 0.3 is 0 Å². The summed E-state index contributed by atoms with van der Waals surface area (Å²) in [6, 6.07) is 25.2. The van der Waals surface area contributed by atoms with Crippen LogP contribution in [0.3, 0.4) is 0 Å². The molecule has 2 aliphatic rings. The van der Waals surface area contributed by atoms with E-state index in [1.165, 1.54) is 30.2 Å². The van der Waals surface area contributed by atoms with E-state index in [1.54, 1.807) is 0 Å². The van der Waals surface area contributed by atoms with Crippen LogP contribution < -0.4 is 15.9 Å². The second-order valence-electron chi connectivity index (χ2n) is 12.6. The highest BCUT2D eigenvalue weighted by atomic mass is 16.3. The van der Waals surface area contributed by atoms with Gasteiger partial charge in [-0.1, -0.05) is 134 Å². The predicted molar refractivity (Wildman–Crippen MR) is 214 cm³/mol. The number of aryl methyl sites for hydroxylation is 2. The smallest absolute Gasteiger partial charge is 0.175 e. The Balaban J connectivity index is 0.000000324. The fourth-order valence-electron chi connectivity index (χ4n) is 5.72. The van der Waals surface area contributed by atoms with Gasteiger partial charge in [0.05, 0.1) is 16.9 Å². The average molecular weight is 646 g/mol. The molecule has 256 valence electrons. The van der Waals surface area contributed by atoms with Crippen molar-refractivity contribution in [1.29, 1.82) is 0 Å². The molecule has 6 rings (SSSR count). The molecule has 0 unspecified atom stereocenters. The van der Waals surface area contributed by atoms with Crippen molar-refractivity contribution >= 4 is 50.8 Å². The Bertz CT molecular complexity index is 1910. The standard InChI is InChI=1S/C28H29N3O.C7H8.C7H16.C2H6/c1-6-12-30-26-17(3)13-22-18(4)23(19(5)29-7-2)16-31-24-14-20-10-8-9-11-21(20)15-25(24)32-28(26)27(22)31;1-7-5-3-2-4-6-7;1-4-5-6-7(2)3;1-2/h8-11,13-16,29-30H,4-7,12H2,1-3H3;2-6H,1H3;7H,4-6H2,1-3H3;1-2H3. The minimum Gasteiger partial charge on any atom is -0.451 e. The van der Waals surface area contributed by atoms with Crippen LogP contribution in [0.1, 0.15) is 90.8 Å². The molecule has 0 fully saturated rings. The minimum absolute atomic E-state index is 0.810. The highest BCUT2D eigenvalue weighted by Crippen LogP contribution is 2.38. The van der Waals surface area contributed by atoms with E-state index < -0.39 is 0 Å². The highest BCUT2D eigenvalue weighted by Gasteiger charge is 2.22. The van der Waals surface area contributed by atoms with Gasteiger partial charge in [-0.3, -0.25) is 0 Å². The lowest BCUT2D eigenvalue weighted by Crippen LogP contribution is -2.21. The van der Waals surface area contributed by atoms with Crippen LogP contribution in [0.4, 0.5) is 5.69 Å². The summed E-state index contributed by atoms with van der Waals surface area (Å²) in [7, 11) is 0. The van der Waals surface area contributed by atoms with Crippen molar-refractivity contribution in [3.05, 3.63) is 107 Å². The first-order valence-corrected chi connectivity index (χ1v) is 18.0. The molecular weight excluding hydrogens is 587 g/mol. The molecule has 0 bridgehead atoms. The third kappa shape index (κ3) is 9.34. The van der Waals surface area contributed by atoms with Gasteiger partial charge in [0.25, 0.3) is 0 Å². The lowest BCUT2D eigenvalue weighted by molar-refractivity contribution is 0.550. The molecule has 0 atom stereocenters. The van der Waals surface area contributed by atoms with Crippen LogP contribution >= 0.6 is 0 Å². The number of rotatable bonds is 9. The molecule has 0 aromatic heterocycles. The lowest BCUT2D eigenvalue weighted by Gasteiger charge is -2.24. The number of nitrogens with zero attached hydrogens (tertiary/aromatic N) is 1. The maximum absolute atomic E-state index is 6.62. The molecule has 0 spiro atoms. The van der Waals surface area contributed by atoms with Crippen LogP contribution in [0.25, 0.3) is 50.8 Å². The van der Waals surface area contributed by atoms with Crippen LogP contribution in [-0.2, 0) is 0 Å². The second kappa shape index (κ2) is 18.8. The number of unbranched alkanes of at least 4 members (excludes halogenated alkanes) is 1. The van der Waals surface area contributed by atoms with Crippen LogP contribution in [0.2, 0.25) is 0 Å². The summed E-state index contributed by atoms with van der Waals surface area (Å²) >= 11 is 0. The number of benzene rings is 4. The molecule has 4 aromatic rings. The Morgan fingerprint density at radius 1 is 0.875 bits per heavy atom. The largest absolute Gasteiger partial charge is 0.451 e. The zero-order chi connectivity index (χ0) is 35.2. The number of aromatic nitrogens is 1. The van der Waals surface area contributed by atoms with Crippen LogP contribution in [0, 0.1) is 19.8 Å². The van der Waals surface area contributed by atoms with E-state index >= 15 is 0 Å². The van der Waals surface area contributed by atoms with Crippen LogP contribution in [0.15, 0.2) is 90.0 Å². The van der Waals surface area contributed by atoms with Crippen molar-refractivity contribution in [2.75, 3.05) is 18.4 Å². The molecule has 2 heterocycles. The van der Waals surface area contributed by atoms with Gasteiger partial charge in [0.2, 0.25) is 0 Å². The maximum Gasteiger partial charge on any atom is 0.175 e. The summed E-state index contributed by atoms with van der Waals surface area (Å²) in [5, 5.41) is 11.3. The Kier molecular flexibility index (Phi) is 14.9. The second-order valence-corrected chi connectivity index (χ2v) is 12.6. The maximum atomic E-state index is 6.62. The summed E-state index contributed by atoms with van der Waals surface area (Å²) < 4.78 is 8.87. The van der Waals surface area contributed by atoms with Crippen molar-refractivity contribution < 1.29 is 4.42 Å². The van der Waals surface area contributed by atoms with Gasteiger partial charge < -0.3 is 19.6 Å². The molecule has 4 aromatic carbocycles. The molecule has 4 heteroatoms. The number of fused-ring (bicyclic) bond motifs is 3. The topological polar surface area (TPSA) is 42.1 Å². The fourth-order valence-corrected chi connectivity index (χ4v) is 5.72. The first-order chi connectivity index (χ1) is 23.2. The van der Waals surface area contributed by atoms with E-state index in [0.717, 1.165) is 86.3 Å². The molecule has 0 amide bonds. The van der Waals surface area contributed by atoms with Crippen molar-refractivity contribution in [1.82, 2.24) is 9.88 Å². The van der Waals surface area contributed by atoms with E-state index in [1.807, 2.05) is 32.0 Å². The van der Waals surface area contributed by atoms with Gasteiger partial charge in [0.1, 0.15) is 0 Å². The Hall–Kier alpha value is -4.44. The summed E-state index contributed by atoms with van der Waals surface area (Å²) in [4.78, 5) is 0. The Morgan fingerprint density at radius 3 is 2.06 bits per heavy atom. The van der Waals surface area contributed by atoms with Crippen molar-refractivity contribution in [3.8, 4) is 5.69 Å². The first-order valence-electron chi connectivity index (χ1n) is 18.0. The average Bonchev–Trinajstić information content (AvgIpc) is 3.09. The first kappa shape index (κ1) is 38.0. The van der Waals surface area contributed by atoms with Crippen molar-refractivity contribution in [2.24, 2.45) is 5.92 Å². The van der Waals surface area contributed by atoms with Crippen molar-refractivity contribution in [3.63, 3.8) is 0 Å². The number of hydrogen-bond donors (Lipinski definition) is 2. The van der Waals surface area contributed by atoms with Crippen LogP contribution in [-0.4, -0.2) is 17.7 Å². The molecule has 0 saturated carbocycles. The van der Waals surface area contributed by atoms with E-state index in [4.69, 9.17) is 4.42 Å². The normalized spacial score (nSPS) is 10.6. The number of nitrogens with one attached hydrogen (secondary N) is 2. The zero-order valence-corrected chi connectivity index (χ0v) is 31.1. The molecule has 2 aliphatic heterocycles. The van der Waals surface area contributed by atoms with Gasteiger partial charge in [0.15, 0.2) is 11.2 Å². The number of pyridine rings is 1. The van der Waals surface area contributed by atoms with Crippen molar-refractivity contribution in [2.45, 2.75) is 88.0 Å². The Labute approximate surface area is 289 Å². The monoisotopic (exact) mass is 645 g/mol. The number of hydrogen-bond acceptors (Lipinski definition) is 3. The van der Waals surface area contributed by atoms with Gasteiger partial charge in [-0.2, -0.15) is 0 Å².